The lowest BCUT2D eigenvalue weighted by molar-refractivity contribution is -0.139. The van der Waals surface area contributed by atoms with Gasteiger partial charge in [0, 0.05) is 5.69 Å². The van der Waals surface area contributed by atoms with Crippen molar-refractivity contribution in [2.24, 2.45) is 0 Å². The van der Waals surface area contributed by atoms with Gasteiger partial charge in [0.2, 0.25) is 0 Å². The second-order valence-corrected chi connectivity index (χ2v) is 3.51. The van der Waals surface area contributed by atoms with Crippen molar-refractivity contribution >= 4 is 17.6 Å². The molecular weight excluding hydrogens is 227 g/mol. The van der Waals surface area contributed by atoms with Gasteiger partial charge in [0.1, 0.15) is 11.9 Å². The Bertz CT molecular complexity index is 448. The lowest BCUT2D eigenvalue weighted by Crippen LogP contribution is -2.40. The molecule has 5 nitrogen and oxygen atoms in total. The molecule has 6 heteroatoms. The number of nitrogen functional groups attached to an aromatic ring is 1. The highest BCUT2D eigenvalue weighted by atomic mass is 19.1. The second kappa shape index (κ2) is 5.29. The summed E-state index contributed by atoms with van der Waals surface area (Å²) in [6, 6.07) is 2.57. The van der Waals surface area contributed by atoms with Crippen LogP contribution in [0.5, 0.6) is 0 Å². The van der Waals surface area contributed by atoms with E-state index in [0.29, 0.717) is 0 Å². The Kier molecular flexibility index (Phi) is 4.03. The molecule has 1 rings (SSSR count). The highest BCUT2D eigenvalue weighted by Gasteiger charge is 2.20. The highest BCUT2D eigenvalue weighted by Crippen LogP contribution is 2.12. The second-order valence-electron chi connectivity index (χ2n) is 3.51. The van der Waals surface area contributed by atoms with Gasteiger partial charge in [0.05, 0.1) is 5.56 Å². The first-order valence-corrected chi connectivity index (χ1v) is 5.04. The Balaban J connectivity index is 2.86. The van der Waals surface area contributed by atoms with E-state index < -0.39 is 23.7 Å². The number of carboxylic acid groups (broad SMARTS) is 1. The van der Waals surface area contributed by atoms with Gasteiger partial charge >= 0.3 is 5.97 Å². The SMILES string of the molecule is CC[C@H](NC(=O)c1ccc(N)cc1F)C(=O)O. The van der Waals surface area contributed by atoms with Crippen molar-refractivity contribution in [3.63, 3.8) is 0 Å². The predicted octanol–water partition coefficient (Wildman–Crippen LogP) is 1.00. The summed E-state index contributed by atoms with van der Waals surface area (Å²) in [5, 5.41) is 11.0. The number of benzene rings is 1. The third kappa shape index (κ3) is 3.17. The maximum absolute atomic E-state index is 13.4. The molecule has 0 radical (unpaired) electrons. The average molecular weight is 240 g/mol. The number of carbonyl (C=O) groups is 2. The third-order valence-electron chi connectivity index (χ3n) is 2.25. The molecule has 0 unspecified atom stereocenters. The number of amides is 1. The number of aliphatic carboxylic acids is 1. The maximum atomic E-state index is 13.4. The largest absolute Gasteiger partial charge is 0.480 e. The molecule has 0 aliphatic rings. The Morgan fingerprint density at radius 2 is 2.18 bits per heavy atom. The van der Waals surface area contributed by atoms with Crippen LogP contribution in [0, 0.1) is 5.82 Å². The number of rotatable bonds is 4. The van der Waals surface area contributed by atoms with Crippen molar-refractivity contribution in [2.75, 3.05) is 5.73 Å². The first kappa shape index (κ1) is 13.0. The van der Waals surface area contributed by atoms with E-state index in [-0.39, 0.29) is 17.7 Å². The van der Waals surface area contributed by atoms with Crippen LogP contribution < -0.4 is 11.1 Å². The van der Waals surface area contributed by atoms with E-state index in [4.69, 9.17) is 10.8 Å². The van der Waals surface area contributed by atoms with Crippen LogP contribution in [-0.2, 0) is 4.79 Å². The fourth-order valence-corrected chi connectivity index (χ4v) is 1.29. The Morgan fingerprint density at radius 1 is 1.53 bits per heavy atom. The molecule has 0 bridgehead atoms. The average Bonchev–Trinajstić information content (AvgIpc) is 2.24. The number of halogens is 1. The minimum absolute atomic E-state index is 0.198. The smallest absolute Gasteiger partial charge is 0.326 e. The predicted molar refractivity (Wildman–Crippen MR) is 60.0 cm³/mol. The van der Waals surface area contributed by atoms with Crippen molar-refractivity contribution in [1.82, 2.24) is 5.32 Å². The number of carboxylic acids is 1. The van der Waals surface area contributed by atoms with Gasteiger partial charge in [0.25, 0.3) is 5.91 Å². The fraction of sp³-hybridized carbons (Fsp3) is 0.273. The third-order valence-corrected chi connectivity index (χ3v) is 2.25. The van der Waals surface area contributed by atoms with Crippen LogP contribution in [0.2, 0.25) is 0 Å². The number of carbonyl (C=O) groups excluding carboxylic acids is 1. The molecule has 1 aromatic carbocycles. The molecule has 1 atom stereocenters. The van der Waals surface area contributed by atoms with Gasteiger partial charge in [-0.1, -0.05) is 6.92 Å². The number of anilines is 1. The van der Waals surface area contributed by atoms with Crippen LogP contribution in [0.4, 0.5) is 10.1 Å². The molecule has 0 aliphatic heterocycles. The van der Waals surface area contributed by atoms with Crippen LogP contribution in [-0.4, -0.2) is 23.0 Å². The Labute approximate surface area is 97.4 Å². The van der Waals surface area contributed by atoms with Gasteiger partial charge in [0.15, 0.2) is 0 Å². The van der Waals surface area contributed by atoms with Gasteiger partial charge in [-0.05, 0) is 24.6 Å². The summed E-state index contributed by atoms with van der Waals surface area (Å²) in [6.07, 6.45) is 0.220. The standard InChI is InChI=1S/C11H13FN2O3/c1-2-9(11(16)17)14-10(15)7-4-3-6(13)5-8(7)12/h3-5,9H,2,13H2,1H3,(H,14,15)(H,16,17)/t9-/m0/s1. The number of hydrogen-bond acceptors (Lipinski definition) is 3. The van der Waals surface area contributed by atoms with Crippen LogP contribution in [0.1, 0.15) is 23.7 Å². The summed E-state index contributed by atoms with van der Waals surface area (Å²) >= 11 is 0. The number of hydrogen-bond donors (Lipinski definition) is 3. The summed E-state index contributed by atoms with van der Waals surface area (Å²) in [7, 11) is 0. The molecule has 1 aromatic rings. The van der Waals surface area contributed by atoms with Crippen molar-refractivity contribution in [3.8, 4) is 0 Å². The van der Waals surface area contributed by atoms with Crippen LogP contribution in [0.15, 0.2) is 18.2 Å². The maximum Gasteiger partial charge on any atom is 0.326 e. The molecule has 1 amide bonds. The van der Waals surface area contributed by atoms with E-state index in [1.54, 1.807) is 6.92 Å². The van der Waals surface area contributed by atoms with Crippen molar-refractivity contribution < 1.29 is 19.1 Å². The van der Waals surface area contributed by atoms with E-state index >= 15 is 0 Å². The molecule has 0 saturated carbocycles. The van der Waals surface area contributed by atoms with Gasteiger partial charge in [-0.15, -0.1) is 0 Å². The first-order valence-electron chi connectivity index (χ1n) is 5.04. The Morgan fingerprint density at radius 3 is 2.65 bits per heavy atom. The monoisotopic (exact) mass is 240 g/mol. The zero-order chi connectivity index (χ0) is 13.0. The van der Waals surface area contributed by atoms with Crippen molar-refractivity contribution in [2.45, 2.75) is 19.4 Å². The summed E-state index contributed by atoms with van der Waals surface area (Å²) in [4.78, 5) is 22.3. The van der Waals surface area contributed by atoms with Gasteiger partial charge in [-0.3, -0.25) is 4.79 Å². The molecule has 0 heterocycles. The fourth-order valence-electron chi connectivity index (χ4n) is 1.29. The van der Waals surface area contributed by atoms with Crippen molar-refractivity contribution in [3.05, 3.63) is 29.6 Å². The molecule has 0 spiro atoms. The first-order chi connectivity index (χ1) is 7.95. The van der Waals surface area contributed by atoms with E-state index in [0.717, 1.165) is 6.07 Å². The summed E-state index contributed by atoms with van der Waals surface area (Å²) in [5.74, 6) is -2.70. The summed E-state index contributed by atoms with van der Waals surface area (Å²) in [6.45, 7) is 1.61. The lowest BCUT2D eigenvalue weighted by Gasteiger charge is -2.12. The van der Waals surface area contributed by atoms with Crippen molar-refractivity contribution in [1.29, 1.82) is 0 Å². The van der Waals surface area contributed by atoms with E-state index in [1.165, 1.54) is 12.1 Å². The van der Waals surface area contributed by atoms with Crippen LogP contribution in [0.3, 0.4) is 0 Å². The molecule has 4 N–H and O–H groups in total. The molecule has 0 fully saturated rings. The molecule has 0 aliphatic carbocycles. The van der Waals surface area contributed by atoms with E-state index in [2.05, 4.69) is 5.32 Å². The van der Waals surface area contributed by atoms with Gasteiger partial charge in [-0.2, -0.15) is 0 Å². The number of nitrogens with two attached hydrogens (primary N) is 1. The molecule has 0 saturated heterocycles. The van der Waals surface area contributed by atoms with E-state index in [1.807, 2.05) is 0 Å². The topological polar surface area (TPSA) is 92.4 Å². The molecule has 17 heavy (non-hydrogen) atoms. The highest BCUT2D eigenvalue weighted by molar-refractivity contribution is 5.97. The summed E-state index contributed by atoms with van der Waals surface area (Å²) < 4.78 is 13.4. The number of nitrogens with one attached hydrogen (secondary N) is 1. The molecular formula is C11H13FN2O3. The minimum atomic E-state index is -1.16. The zero-order valence-electron chi connectivity index (χ0n) is 9.24. The molecule has 0 aromatic heterocycles. The minimum Gasteiger partial charge on any atom is -0.480 e. The molecule has 92 valence electrons. The van der Waals surface area contributed by atoms with Crippen LogP contribution in [0.25, 0.3) is 0 Å². The normalized spacial score (nSPS) is 11.9. The quantitative estimate of drug-likeness (QED) is 0.684. The van der Waals surface area contributed by atoms with Crippen LogP contribution >= 0.6 is 0 Å². The van der Waals surface area contributed by atoms with Gasteiger partial charge in [-0.25, -0.2) is 9.18 Å². The lowest BCUT2D eigenvalue weighted by atomic mass is 10.1. The Hall–Kier alpha value is -2.11. The summed E-state index contributed by atoms with van der Waals surface area (Å²) in [5.41, 5.74) is 5.31. The zero-order valence-corrected chi connectivity index (χ0v) is 9.24. The van der Waals surface area contributed by atoms with E-state index in [9.17, 15) is 14.0 Å². The van der Waals surface area contributed by atoms with Gasteiger partial charge < -0.3 is 16.2 Å².